The van der Waals surface area contributed by atoms with E-state index in [2.05, 4.69) is 0 Å². The Morgan fingerprint density at radius 3 is 2.94 bits per heavy atom. The third kappa shape index (κ3) is 2.93. The van der Waals surface area contributed by atoms with Crippen molar-refractivity contribution in [2.45, 2.75) is 18.6 Å². The van der Waals surface area contributed by atoms with Gasteiger partial charge in [0.15, 0.2) is 11.5 Å². The second-order valence-electron chi connectivity index (χ2n) is 4.30. The van der Waals surface area contributed by atoms with E-state index >= 15 is 0 Å². The Hall–Kier alpha value is -1.30. The summed E-state index contributed by atoms with van der Waals surface area (Å²) in [5.74, 6) is 1.31. The summed E-state index contributed by atoms with van der Waals surface area (Å²) in [4.78, 5) is 0. The maximum atomic E-state index is 9.07. The summed E-state index contributed by atoms with van der Waals surface area (Å²) in [6.45, 7) is 1.22. The summed E-state index contributed by atoms with van der Waals surface area (Å²) >= 11 is 0. The van der Waals surface area contributed by atoms with Crippen LogP contribution in [0.1, 0.15) is 18.0 Å². The molecule has 18 heavy (non-hydrogen) atoms. The van der Waals surface area contributed by atoms with E-state index in [1.807, 2.05) is 12.1 Å². The van der Waals surface area contributed by atoms with Gasteiger partial charge in [-0.05, 0) is 17.7 Å². The first-order valence-corrected chi connectivity index (χ1v) is 6.03. The Kier molecular flexibility index (Phi) is 4.41. The number of methoxy groups -OCH3 is 1. The van der Waals surface area contributed by atoms with Gasteiger partial charge < -0.3 is 25.1 Å². The highest BCUT2D eigenvalue weighted by atomic mass is 16.6. The summed E-state index contributed by atoms with van der Waals surface area (Å²) in [7, 11) is 1.60. The van der Waals surface area contributed by atoms with E-state index in [0.717, 1.165) is 18.6 Å². The highest BCUT2D eigenvalue weighted by Gasteiger charge is 2.19. The van der Waals surface area contributed by atoms with Crippen molar-refractivity contribution in [2.24, 2.45) is 5.73 Å². The monoisotopic (exact) mass is 253 g/mol. The van der Waals surface area contributed by atoms with Crippen LogP contribution in [-0.4, -0.2) is 38.1 Å². The molecular formula is C13H19NO4. The second-order valence-corrected chi connectivity index (χ2v) is 4.30. The smallest absolute Gasteiger partial charge is 0.162 e. The Morgan fingerprint density at radius 1 is 1.50 bits per heavy atom. The normalized spacial score (nSPS) is 20.7. The molecular weight excluding hydrogens is 234 g/mol. The third-order valence-electron chi connectivity index (χ3n) is 2.99. The lowest BCUT2D eigenvalue weighted by Crippen LogP contribution is -2.18. The summed E-state index contributed by atoms with van der Waals surface area (Å²) in [5, 5.41) is 9.07. The van der Waals surface area contributed by atoms with Crippen molar-refractivity contribution in [3.8, 4) is 11.5 Å². The fourth-order valence-electron chi connectivity index (χ4n) is 1.91. The Balaban J connectivity index is 2.18. The predicted molar refractivity (Wildman–Crippen MR) is 66.9 cm³/mol. The highest BCUT2D eigenvalue weighted by molar-refractivity contribution is 5.44. The Bertz CT molecular complexity index is 391. The minimum absolute atomic E-state index is 0.0551. The molecule has 5 nitrogen and oxygen atoms in total. The first-order valence-electron chi connectivity index (χ1n) is 6.03. The van der Waals surface area contributed by atoms with Crippen LogP contribution in [0.3, 0.4) is 0 Å². The van der Waals surface area contributed by atoms with Crippen LogP contribution in [0.5, 0.6) is 11.5 Å². The van der Waals surface area contributed by atoms with E-state index in [1.54, 1.807) is 13.2 Å². The molecule has 0 aliphatic carbocycles. The number of hydrogen-bond acceptors (Lipinski definition) is 5. The topological polar surface area (TPSA) is 73.9 Å². The highest BCUT2D eigenvalue weighted by Crippen LogP contribution is 2.31. The molecule has 1 fully saturated rings. The van der Waals surface area contributed by atoms with Crippen LogP contribution < -0.4 is 15.2 Å². The molecule has 0 amide bonds. The molecule has 1 aromatic rings. The fraction of sp³-hybridized carbons (Fsp3) is 0.538. The third-order valence-corrected chi connectivity index (χ3v) is 2.99. The SMILES string of the molecule is COc1ccc(C(N)CO)cc1OC1CCOC1. The molecule has 3 N–H and O–H groups in total. The maximum Gasteiger partial charge on any atom is 0.162 e. The van der Waals surface area contributed by atoms with Gasteiger partial charge in [0.05, 0.1) is 33.0 Å². The maximum absolute atomic E-state index is 9.07. The van der Waals surface area contributed by atoms with Crippen LogP contribution in [0.4, 0.5) is 0 Å². The molecule has 100 valence electrons. The van der Waals surface area contributed by atoms with E-state index in [4.69, 9.17) is 25.1 Å². The number of nitrogens with two attached hydrogens (primary N) is 1. The van der Waals surface area contributed by atoms with Crippen molar-refractivity contribution < 1.29 is 19.3 Å². The van der Waals surface area contributed by atoms with E-state index in [1.165, 1.54) is 0 Å². The molecule has 5 heteroatoms. The van der Waals surface area contributed by atoms with Crippen LogP contribution >= 0.6 is 0 Å². The largest absolute Gasteiger partial charge is 0.493 e. The number of aliphatic hydroxyl groups is 1. The van der Waals surface area contributed by atoms with Crippen molar-refractivity contribution >= 4 is 0 Å². The minimum atomic E-state index is -0.405. The van der Waals surface area contributed by atoms with Crippen molar-refractivity contribution in [1.82, 2.24) is 0 Å². The van der Waals surface area contributed by atoms with Crippen LogP contribution in [0.2, 0.25) is 0 Å². The standard InChI is InChI=1S/C13H19NO4/c1-16-12-3-2-9(11(14)7-15)6-13(12)18-10-4-5-17-8-10/h2-3,6,10-11,15H,4-5,7-8,14H2,1H3. The molecule has 0 saturated carbocycles. The zero-order chi connectivity index (χ0) is 13.0. The number of ether oxygens (including phenoxy) is 3. The van der Waals surface area contributed by atoms with E-state index in [0.29, 0.717) is 18.1 Å². The zero-order valence-electron chi connectivity index (χ0n) is 10.5. The summed E-state index contributed by atoms with van der Waals surface area (Å²) in [6, 6.07) is 5.05. The predicted octanol–water partition coefficient (Wildman–Crippen LogP) is 0.855. The molecule has 1 aromatic carbocycles. The number of benzene rings is 1. The van der Waals surface area contributed by atoms with Gasteiger partial charge in [0.2, 0.25) is 0 Å². The minimum Gasteiger partial charge on any atom is -0.493 e. The van der Waals surface area contributed by atoms with Crippen LogP contribution in [-0.2, 0) is 4.74 Å². The lowest BCUT2D eigenvalue weighted by molar-refractivity contribution is 0.138. The van der Waals surface area contributed by atoms with Gasteiger partial charge in [0, 0.05) is 6.42 Å². The molecule has 2 atom stereocenters. The Morgan fingerprint density at radius 2 is 2.33 bits per heavy atom. The van der Waals surface area contributed by atoms with Gasteiger partial charge in [-0.2, -0.15) is 0 Å². The average molecular weight is 253 g/mol. The van der Waals surface area contributed by atoms with Crippen LogP contribution in [0, 0.1) is 0 Å². The van der Waals surface area contributed by atoms with Gasteiger partial charge in [-0.25, -0.2) is 0 Å². The quantitative estimate of drug-likeness (QED) is 0.814. The summed E-state index contributed by atoms with van der Waals surface area (Å²) in [5.41, 5.74) is 6.62. The van der Waals surface area contributed by atoms with Crippen molar-refractivity contribution in [1.29, 1.82) is 0 Å². The van der Waals surface area contributed by atoms with Crippen LogP contribution in [0.15, 0.2) is 18.2 Å². The van der Waals surface area contributed by atoms with Crippen molar-refractivity contribution in [3.63, 3.8) is 0 Å². The number of aliphatic hydroxyl groups excluding tert-OH is 1. The average Bonchev–Trinajstić information content (AvgIpc) is 2.90. The lowest BCUT2D eigenvalue weighted by Gasteiger charge is -2.17. The van der Waals surface area contributed by atoms with E-state index in [9.17, 15) is 0 Å². The van der Waals surface area contributed by atoms with Gasteiger partial charge in [-0.1, -0.05) is 6.07 Å². The number of hydrogen-bond donors (Lipinski definition) is 2. The van der Waals surface area contributed by atoms with Crippen LogP contribution in [0.25, 0.3) is 0 Å². The number of rotatable bonds is 5. The summed E-state index contributed by atoms with van der Waals surface area (Å²) in [6.07, 6.45) is 0.930. The van der Waals surface area contributed by atoms with Crippen molar-refractivity contribution in [3.05, 3.63) is 23.8 Å². The first-order chi connectivity index (χ1) is 8.74. The Labute approximate surface area is 106 Å². The first kappa shape index (κ1) is 13.1. The fourth-order valence-corrected chi connectivity index (χ4v) is 1.91. The zero-order valence-corrected chi connectivity index (χ0v) is 10.5. The van der Waals surface area contributed by atoms with Gasteiger partial charge in [-0.3, -0.25) is 0 Å². The molecule has 0 spiro atoms. The molecule has 1 aliphatic heterocycles. The van der Waals surface area contributed by atoms with Gasteiger partial charge in [0.25, 0.3) is 0 Å². The summed E-state index contributed by atoms with van der Waals surface area (Å²) < 4.78 is 16.4. The van der Waals surface area contributed by atoms with Gasteiger partial charge in [-0.15, -0.1) is 0 Å². The molecule has 2 unspecified atom stereocenters. The molecule has 1 aliphatic rings. The molecule has 2 rings (SSSR count). The molecule has 1 heterocycles. The molecule has 0 aromatic heterocycles. The van der Waals surface area contributed by atoms with Crippen molar-refractivity contribution in [2.75, 3.05) is 26.9 Å². The van der Waals surface area contributed by atoms with Gasteiger partial charge in [0.1, 0.15) is 6.10 Å². The lowest BCUT2D eigenvalue weighted by atomic mass is 10.1. The molecule has 0 bridgehead atoms. The van der Waals surface area contributed by atoms with E-state index in [-0.39, 0.29) is 12.7 Å². The molecule has 1 saturated heterocycles. The second kappa shape index (κ2) is 6.04. The van der Waals surface area contributed by atoms with Gasteiger partial charge >= 0.3 is 0 Å². The molecule has 0 radical (unpaired) electrons. The van der Waals surface area contributed by atoms with E-state index < -0.39 is 6.04 Å².